The highest BCUT2D eigenvalue weighted by Gasteiger charge is 2.84. The van der Waals surface area contributed by atoms with Gasteiger partial charge in [-0.25, -0.2) is 0 Å². The number of rotatable bonds is 7. The fraction of sp³-hybridized carbons (Fsp3) is 0.974. The highest BCUT2D eigenvalue weighted by molar-refractivity contribution is 5.69. The van der Waals surface area contributed by atoms with Crippen molar-refractivity contribution in [2.45, 2.75) is 143 Å². The standard InChI is InChI=1S/C39H63NO7/c1-23(2)16-30(41)45-21-26-17-24(3)32-33(46-26)34(42)37(7)28-9-8-27-35(4,5)29(47-31-18-40(14-15-44-31)25-19-43-20-25)10-11-38(27)22-39(28,38)13-12-36(32,37)6/h23-29,31-34,42H,8-22H2,1-7H3/t24-,26?,27+,28?,29+,31+,32+,33?,34+,36-,37-,38-,39+/m1/s1. The molecular weight excluding hydrogens is 594 g/mol. The van der Waals surface area contributed by atoms with Crippen LogP contribution >= 0.6 is 0 Å². The van der Waals surface area contributed by atoms with Gasteiger partial charge in [-0.3, -0.25) is 9.69 Å². The summed E-state index contributed by atoms with van der Waals surface area (Å²) in [6, 6.07) is 0.522. The molecule has 47 heavy (non-hydrogen) atoms. The van der Waals surface area contributed by atoms with Crippen molar-refractivity contribution >= 4 is 5.97 Å². The Kier molecular flexibility index (Phi) is 8.07. The number of esters is 1. The zero-order valence-electron chi connectivity index (χ0n) is 30.3. The highest BCUT2D eigenvalue weighted by Crippen LogP contribution is 2.89. The van der Waals surface area contributed by atoms with Gasteiger partial charge in [-0.15, -0.1) is 0 Å². The largest absolute Gasteiger partial charge is 0.463 e. The van der Waals surface area contributed by atoms with E-state index < -0.39 is 6.10 Å². The van der Waals surface area contributed by atoms with Crippen molar-refractivity contribution in [2.75, 3.05) is 39.5 Å². The SMILES string of the molecule is CC(C)CC(=O)OCC1C[C@@H](C)[C@H]2C(O1)[C@H](O)[C@@]1(C)C3CC[C@H]4C(C)(C)[C@@H](O[C@H]5CN(C6COC6)CCO5)CC[C@@]45C[C@@]35CC[C@]21C. The van der Waals surface area contributed by atoms with Gasteiger partial charge in [0.15, 0.2) is 6.29 Å². The number of hydrogen-bond donors (Lipinski definition) is 1. The average molecular weight is 658 g/mol. The Morgan fingerprint density at radius 2 is 1.77 bits per heavy atom. The van der Waals surface area contributed by atoms with Gasteiger partial charge in [-0.2, -0.15) is 0 Å². The number of aliphatic hydroxyl groups excluding tert-OH is 1. The summed E-state index contributed by atoms with van der Waals surface area (Å²) in [6.07, 6.45) is 9.08. The third-order valence-electron chi connectivity index (χ3n) is 16.3. The van der Waals surface area contributed by atoms with E-state index in [1.165, 1.54) is 38.5 Å². The van der Waals surface area contributed by atoms with Crippen molar-refractivity contribution in [1.29, 1.82) is 0 Å². The van der Waals surface area contributed by atoms with E-state index in [0.717, 1.165) is 45.8 Å². The molecule has 5 aliphatic carbocycles. The van der Waals surface area contributed by atoms with Crippen molar-refractivity contribution in [2.24, 2.45) is 56.7 Å². The molecule has 266 valence electrons. The van der Waals surface area contributed by atoms with Crippen LogP contribution in [-0.2, 0) is 28.5 Å². The lowest BCUT2D eigenvalue weighted by atomic mass is 9.41. The first kappa shape index (κ1) is 33.4. The molecule has 0 aromatic rings. The van der Waals surface area contributed by atoms with Crippen LogP contribution in [0, 0.1) is 56.7 Å². The van der Waals surface area contributed by atoms with E-state index in [4.69, 9.17) is 23.7 Å². The van der Waals surface area contributed by atoms with Crippen LogP contribution in [0.5, 0.6) is 0 Å². The second-order valence-corrected chi connectivity index (χ2v) is 19.0. The van der Waals surface area contributed by atoms with Gasteiger partial charge in [0, 0.05) is 18.4 Å². The van der Waals surface area contributed by atoms with E-state index in [0.29, 0.717) is 53.6 Å². The Morgan fingerprint density at radius 1 is 1.02 bits per heavy atom. The first-order valence-corrected chi connectivity index (χ1v) is 19.3. The van der Waals surface area contributed by atoms with E-state index in [-0.39, 0.29) is 52.7 Å². The Bertz CT molecular complexity index is 1220. The van der Waals surface area contributed by atoms with Gasteiger partial charge in [0.05, 0.1) is 56.8 Å². The van der Waals surface area contributed by atoms with Crippen molar-refractivity contribution in [3.05, 3.63) is 0 Å². The molecule has 1 N–H and O–H groups in total. The fourth-order valence-electron chi connectivity index (χ4n) is 14.0. The number of fused-ring (bicyclic) bond motifs is 4. The number of carbonyl (C=O) groups is 1. The smallest absolute Gasteiger partial charge is 0.306 e. The molecule has 0 bridgehead atoms. The minimum Gasteiger partial charge on any atom is -0.463 e. The number of aliphatic hydroxyl groups is 1. The molecule has 8 aliphatic rings. The van der Waals surface area contributed by atoms with Crippen LogP contribution in [0.2, 0.25) is 0 Å². The summed E-state index contributed by atoms with van der Waals surface area (Å²) < 4.78 is 31.1. The monoisotopic (exact) mass is 657 g/mol. The summed E-state index contributed by atoms with van der Waals surface area (Å²) in [7, 11) is 0. The zero-order valence-corrected chi connectivity index (χ0v) is 30.3. The quantitative estimate of drug-likeness (QED) is 0.343. The molecule has 8 rings (SSSR count). The van der Waals surface area contributed by atoms with E-state index in [1.54, 1.807) is 0 Å². The van der Waals surface area contributed by atoms with E-state index in [9.17, 15) is 9.90 Å². The molecule has 8 heteroatoms. The maximum atomic E-state index is 12.5. The Morgan fingerprint density at radius 3 is 2.49 bits per heavy atom. The fourth-order valence-corrected chi connectivity index (χ4v) is 14.0. The summed E-state index contributed by atoms with van der Waals surface area (Å²) in [4.78, 5) is 14.9. The van der Waals surface area contributed by atoms with Gasteiger partial charge >= 0.3 is 5.97 Å². The molecule has 0 aromatic carbocycles. The van der Waals surface area contributed by atoms with Gasteiger partial charge in [-0.1, -0.05) is 48.5 Å². The number of ether oxygens (including phenoxy) is 5. The van der Waals surface area contributed by atoms with Crippen molar-refractivity contribution in [3.8, 4) is 0 Å². The summed E-state index contributed by atoms with van der Waals surface area (Å²) in [5, 5.41) is 12.5. The van der Waals surface area contributed by atoms with Crippen LogP contribution in [0.3, 0.4) is 0 Å². The molecule has 8 nitrogen and oxygen atoms in total. The lowest BCUT2D eigenvalue weighted by Gasteiger charge is -2.64. The Labute approximate surface area is 283 Å². The van der Waals surface area contributed by atoms with E-state index >= 15 is 0 Å². The molecule has 0 aromatic heterocycles. The van der Waals surface area contributed by atoms with Gasteiger partial charge in [0.2, 0.25) is 0 Å². The van der Waals surface area contributed by atoms with Crippen LogP contribution in [0.25, 0.3) is 0 Å². The molecule has 3 saturated heterocycles. The van der Waals surface area contributed by atoms with Crippen LogP contribution < -0.4 is 0 Å². The second-order valence-electron chi connectivity index (χ2n) is 19.0. The second kappa shape index (κ2) is 11.4. The molecule has 0 radical (unpaired) electrons. The van der Waals surface area contributed by atoms with Crippen molar-refractivity contribution < 1.29 is 33.6 Å². The lowest BCUT2D eigenvalue weighted by molar-refractivity contribution is -0.256. The predicted octanol–water partition coefficient (Wildman–Crippen LogP) is 5.83. The summed E-state index contributed by atoms with van der Waals surface area (Å²) in [5.74, 6) is 2.04. The molecule has 3 heterocycles. The van der Waals surface area contributed by atoms with Crippen LogP contribution in [0.1, 0.15) is 106 Å². The minimum absolute atomic E-state index is 0.0355. The maximum Gasteiger partial charge on any atom is 0.306 e. The third kappa shape index (κ3) is 4.69. The Hall–Kier alpha value is -0.770. The lowest BCUT2D eigenvalue weighted by Crippen LogP contribution is -2.60. The minimum atomic E-state index is -0.495. The number of morpholine rings is 1. The number of nitrogens with zero attached hydrogens (tertiary/aromatic N) is 1. The number of carbonyl (C=O) groups excluding carboxylic acids is 1. The van der Waals surface area contributed by atoms with Crippen LogP contribution in [-0.4, -0.2) is 92.2 Å². The van der Waals surface area contributed by atoms with Gasteiger partial charge in [0.25, 0.3) is 0 Å². The van der Waals surface area contributed by atoms with Crippen molar-refractivity contribution in [1.82, 2.24) is 4.90 Å². The average Bonchev–Trinajstić information content (AvgIpc) is 3.61. The topological polar surface area (TPSA) is 86.7 Å². The zero-order chi connectivity index (χ0) is 33.1. The molecule has 2 spiro atoms. The summed E-state index contributed by atoms with van der Waals surface area (Å²) in [6.45, 7) is 20.9. The van der Waals surface area contributed by atoms with Crippen LogP contribution in [0.15, 0.2) is 0 Å². The predicted molar refractivity (Wildman–Crippen MR) is 177 cm³/mol. The third-order valence-corrected chi connectivity index (χ3v) is 16.3. The first-order chi connectivity index (χ1) is 22.3. The molecule has 3 unspecified atom stereocenters. The Balaban J connectivity index is 0.986. The summed E-state index contributed by atoms with van der Waals surface area (Å²) in [5.41, 5.74) is 0.611. The molecular formula is C39H63NO7. The van der Waals surface area contributed by atoms with Gasteiger partial charge in [0.1, 0.15) is 6.61 Å². The molecule has 8 fully saturated rings. The van der Waals surface area contributed by atoms with E-state index in [2.05, 4.69) is 39.5 Å². The molecule has 5 saturated carbocycles. The van der Waals surface area contributed by atoms with Gasteiger partial charge in [-0.05, 0) is 103 Å². The first-order valence-electron chi connectivity index (χ1n) is 19.3. The maximum absolute atomic E-state index is 12.5. The van der Waals surface area contributed by atoms with Crippen LogP contribution in [0.4, 0.5) is 0 Å². The number of hydrogen-bond acceptors (Lipinski definition) is 8. The summed E-state index contributed by atoms with van der Waals surface area (Å²) >= 11 is 0. The normalized spacial score (nSPS) is 52.0. The highest BCUT2D eigenvalue weighted by atomic mass is 16.7. The van der Waals surface area contributed by atoms with E-state index in [1.807, 2.05) is 13.8 Å². The molecule has 3 aliphatic heterocycles. The van der Waals surface area contributed by atoms with Gasteiger partial charge < -0.3 is 28.8 Å². The molecule has 13 atom stereocenters. The molecule has 0 amide bonds. The van der Waals surface area contributed by atoms with Crippen molar-refractivity contribution in [3.63, 3.8) is 0 Å².